The zero-order valence-electron chi connectivity index (χ0n) is 10.2. The third-order valence-electron chi connectivity index (χ3n) is 2.39. The molecule has 1 aromatic carbocycles. The Morgan fingerprint density at radius 2 is 2.05 bits per heavy atom. The average molecular weight is 260 g/mol. The Morgan fingerprint density at radius 1 is 1.26 bits per heavy atom. The number of hydrogen-bond donors (Lipinski definition) is 1. The van der Waals surface area contributed by atoms with Gasteiger partial charge in [0.25, 0.3) is 5.91 Å². The van der Waals surface area contributed by atoms with E-state index in [1.165, 1.54) is 12.3 Å². The topological polar surface area (TPSA) is 51.2 Å². The van der Waals surface area contributed by atoms with Crippen LogP contribution in [0.1, 0.15) is 10.4 Å². The van der Waals surface area contributed by atoms with Crippen molar-refractivity contribution in [1.82, 2.24) is 10.3 Å². The Kier molecular flexibility index (Phi) is 4.44. The van der Waals surface area contributed by atoms with Crippen LogP contribution < -0.4 is 10.1 Å². The molecule has 0 aliphatic heterocycles. The van der Waals surface area contributed by atoms with E-state index < -0.39 is 5.95 Å². The summed E-state index contributed by atoms with van der Waals surface area (Å²) in [6.07, 6.45) is 1.25. The van der Waals surface area contributed by atoms with Gasteiger partial charge in [0.15, 0.2) is 0 Å². The van der Waals surface area contributed by atoms with Crippen LogP contribution in [0.5, 0.6) is 5.75 Å². The van der Waals surface area contributed by atoms with E-state index in [-0.39, 0.29) is 11.5 Å². The summed E-state index contributed by atoms with van der Waals surface area (Å²) in [5.74, 6) is -0.280. The number of carbonyl (C=O) groups is 1. The van der Waals surface area contributed by atoms with Crippen LogP contribution >= 0.6 is 0 Å². The van der Waals surface area contributed by atoms with Gasteiger partial charge in [-0.15, -0.1) is 0 Å². The van der Waals surface area contributed by atoms with Gasteiger partial charge < -0.3 is 10.1 Å². The maximum atomic E-state index is 12.8. The Morgan fingerprint density at radius 3 is 2.79 bits per heavy atom. The van der Waals surface area contributed by atoms with Crippen molar-refractivity contribution in [3.8, 4) is 5.75 Å². The molecule has 5 heteroatoms. The highest BCUT2D eigenvalue weighted by atomic mass is 19.1. The van der Waals surface area contributed by atoms with Gasteiger partial charge in [-0.3, -0.25) is 4.79 Å². The second kappa shape index (κ2) is 6.49. The Hall–Kier alpha value is -2.43. The van der Waals surface area contributed by atoms with Gasteiger partial charge >= 0.3 is 0 Å². The van der Waals surface area contributed by atoms with Crippen LogP contribution in [0.3, 0.4) is 0 Å². The normalized spacial score (nSPS) is 9.95. The number of pyridine rings is 1. The third-order valence-corrected chi connectivity index (χ3v) is 2.39. The molecular formula is C14H13FN2O2. The molecule has 0 saturated heterocycles. The average Bonchev–Trinajstić information content (AvgIpc) is 2.44. The van der Waals surface area contributed by atoms with Crippen molar-refractivity contribution < 1.29 is 13.9 Å². The zero-order chi connectivity index (χ0) is 13.5. The summed E-state index contributed by atoms with van der Waals surface area (Å²) < 4.78 is 18.2. The van der Waals surface area contributed by atoms with E-state index in [1.54, 1.807) is 0 Å². The van der Waals surface area contributed by atoms with Crippen molar-refractivity contribution in [3.63, 3.8) is 0 Å². The van der Waals surface area contributed by atoms with Crippen molar-refractivity contribution in [2.24, 2.45) is 0 Å². The molecule has 0 unspecified atom stereocenters. The Balaban J connectivity index is 1.75. The van der Waals surface area contributed by atoms with Crippen LogP contribution in [0, 0.1) is 5.95 Å². The Bertz CT molecular complexity index is 546. The van der Waals surface area contributed by atoms with Crippen LogP contribution in [0.25, 0.3) is 0 Å². The minimum absolute atomic E-state index is 0.243. The highest BCUT2D eigenvalue weighted by Gasteiger charge is 2.05. The summed E-state index contributed by atoms with van der Waals surface area (Å²) in [4.78, 5) is 15.0. The maximum absolute atomic E-state index is 12.8. The molecule has 0 aliphatic carbocycles. The van der Waals surface area contributed by atoms with Gasteiger partial charge in [0.1, 0.15) is 12.4 Å². The third kappa shape index (κ3) is 4.06. The first-order valence-corrected chi connectivity index (χ1v) is 5.83. The maximum Gasteiger partial charge on any atom is 0.251 e. The predicted octanol–water partition coefficient (Wildman–Crippen LogP) is 2.03. The minimum atomic E-state index is -0.673. The predicted molar refractivity (Wildman–Crippen MR) is 68.5 cm³/mol. The highest BCUT2D eigenvalue weighted by Crippen LogP contribution is 2.07. The number of carbonyl (C=O) groups excluding carboxylic acids is 1. The number of para-hydroxylation sites is 1. The molecule has 0 atom stereocenters. The van der Waals surface area contributed by atoms with Crippen LogP contribution in [-0.4, -0.2) is 24.0 Å². The van der Waals surface area contributed by atoms with Crippen molar-refractivity contribution in [2.75, 3.05) is 13.2 Å². The van der Waals surface area contributed by atoms with E-state index >= 15 is 0 Å². The smallest absolute Gasteiger partial charge is 0.251 e. The van der Waals surface area contributed by atoms with Gasteiger partial charge in [0.2, 0.25) is 5.95 Å². The lowest BCUT2D eigenvalue weighted by Crippen LogP contribution is -2.28. The molecule has 19 heavy (non-hydrogen) atoms. The number of amides is 1. The van der Waals surface area contributed by atoms with E-state index in [4.69, 9.17) is 4.74 Å². The molecule has 1 aromatic heterocycles. The summed E-state index contributed by atoms with van der Waals surface area (Å²) in [5, 5.41) is 2.64. The summed E-state index contributed by atoms with van der Waals surface area (Å²) in [6, 6.07) is 11.8. The lowest BCUT2D eigenvalue weighted by molar-refractivity contribution is 0.0946. The van der Waals surface area contributed by atoms with Gasteiger partial charge in [0.05, 0.1) is 6.54 Å². The number of hydrogen-bond acceptors (Lipinski definition) is 3. The van der Waals surface area contributed by atoms with Crippen LogP contribution in [0.15, 0.2) is 48.7 Å². The molecule has 0 spiro atoms. The molecule has 98 valence electrons. The first kappa shape index (κ1) is 13.0. The van der Waals surface area contributed by atoms with Crippen molar-refractivity contribution in [2.45, 2.75) is 0 Å². The molecule has 0 saturated carbocycles. The monoisotopic (exact) mass is 260 g/mol. The van der Waals surface area contributed by atoms with Gasteiger partial charge in [-0.2, -0.15) is 4.39 Å². The summed E-state index contributed by atoms with van der Waals surface area (Å²) in [6.45, 7) is 0.695. The van der Waals surface area contributed by atoms with Crippen molar-refractivity contribution in [3.05, 3.63) is 60.2 Å². The number of nitrogens with zero attached hydrogens (tertiary/aromatic N) is 1. The fourth-order valence-corrected chi connectivity index (χ4v) is 1.50. The molecule has 4 nitrogen and oxygen atoms in total. The molecule has 0 fully saturated rings. The quantitative estimate of drug-likeness (QED) is 0.661. The number of rotatable bonds is 5. The first-order chi connectivity index (χ1) is 9.25. The van der Waals surface area contributed by atoms with Crippen LogP contribution in [0.4, 0.5) is 4.39 Å². The lowest BCUT2D eigenvalue weighted by atomic mass is 10.2. The number of benzene rings is 1. The van der Waals surface area contributed by atoms with E-state index in [9.17, 15) is 9.18 Å². The summed E-state index contributed by atoms with van der Waals surface area (Å²) >= 11 is 0. The highest BCUT2D eigenvalue weighted by molar-refractivity contribution is 5.93. The summed E-state index contributed by atoms with van der Waals surface area (Å²) in [7, 11) is 0. The zero-order valence-corrected chi connectivity index (χ0v) is 10.2. The fourth-order valence-electron chi connectivity index (χ4n) is 1.50. The van der Waals surface area contributed by atoms with Crippen molar-refractivity contribution >= 4 is 5.91 Å². The largest absolute Gasteiger partial charge is 0.492 e. The minimum Gasteiger partial charge on any atom is -0.492 e. The molecule has 1 N–H and O–H groups in total. The fraction of sp³-hybridized carbons (Fsp3) is 0.143. The van der Waals surface area contributed by atoms with Gasteiger partial charge in [-0.25, -0.2) is 4.98 Å². The first-order valence-electron chi connectivity index (χ1n) is 5.83. The lowest BCUT2D eigenvalue weighted by Gasteiger charge is -2.07. The number of halogens is 1. The van der Waals surface area contributed by atoms with E-state index in [0.29, 0.717) is 13.2 Å². The van der Waals surface area contributed by atoms with E-state index in [2.05, 4.69) is 10.3 Å². The Labute approximate surface area is 110 Å². The number of nitrogens with one attached hydrogen (secondary N) is 1. The summed E-state index contributed by atoms with van der Waals surface area (Å²) in [5.41, 5.74) is 0.243. The van der Waals surface area contributed by atoms with Crippen molar-refractivity contribution in [1.29, 1.82) is 0 Å². The molecule has 0 bridgehead atoms. The molecule has 1 amide bonds. The van der Waals surface area contributed by atoms with E-state index in [0.717, 1.165) is 11.8 Å². The molecule has 0 aliphatic rings. The molecule has 2 rings (SSSR count). The van der Waals surface area contributed by atoms with Gasteiger partial charge in [0, 0.05) is 17.8 Å². The van der Waals surface area contributed by atoms with Crippen LogP contribution in [0.2, 0.25) is 0 Å². The second-order valence-electron chi connectivity index (χ2n) is 3.78. The number of ether oxygens (including phenoxy) is 1. The van der Waals surface area contributed by atoms with Gasteiger partial charge in [-0.05, 0) is 18.2 Å². The molecule has 1 heterocycles. The van der Waals surface area contributed by atoms with E-state index in [1.807, 2.05) is 30.3 Å². The number of aromatic nitrogens is 1. The standard InChI is InChI=1S/C14H13FN2O2/c15-13-10-11(6-7-16-13)14(18)17-8-9-19-12-4-2-1-3-5-12/h1-7,10H,8-9H2,(H,17,18). The van der Waals surface area contributed by atoms with Crippen LogP contribution in [-0.2, 0) is 0 Å². The SMILES string of the molecule is O=C(NCCOc1ccccc1)c1ccnc(F)c1. The van der Waals surface area contributed by atoms with Gasteiger partial charge in [-0.1, -0.05) is 18.2 Å². The molecule has 0 radical (unpaired) electrons. The second-order valence-corrected chi connectivity index (χ2v) is 3.78. The molecular weight excluding hydrogens is 247 g/mol. The molecule has 2 aromatic rings.